The number of rotatable bonds is 1. The molecule has 0 radical (unpaired) electrons. The number of halogens is 4. The minimum atomic E-state index is -2.17. The minimum absolute atomic E-state index is 0.389. The summed E-state index contributed by atoms with van der Waals surface area (Å²) in [5, 5.41) is 17.1. The first-order valence-corrected chi connectivity index (χ1v) is 3.93. The van der Waals surface area contributed by atoms with Crippen LogP contribution in [-0.2, 0) is 0 Å². The zero-order valence-electron chi connectivity index (χ0n) is 6.06. The summed E-state index contributed by atoms with van der Waals surface area (Å²) in [5.74, 6) is -3.98. The second-order valence-electron chi connectivity index (χ2n) is 2.26. The average Bonchev–Trinajstić information content (AvgIpc) is 2.07. The molecule has 2 nitrogen and oxygen atoms in total. The molecule has 0 atom stereocenters. The first-order valence-electron chi connectivity index (χ1n) is 3.14. The lowest BCUT2D eigenvalue weighted by Crippen LogP contribution is -2.33. The van der Waals surface area contributed by atoms with Gasteiger partial charge < -0.3 is 10.0 Å². The quantitative estimate of drug-likeness (QED) is 0.437. The van der Waals surface area contributed by atoms with Crippen molar-refractivity contribution < 1.29 is 23.2 Å². The van der Waals surface area contributed by atoms with Crippen LogP contribution in [0.5, 0.6) is 0 Å². The van der Waals surface area contributed by atoms with E-state index in [1.54, 1.807) is 0 Å². The van der Waals surface area contributed by atoms with Gasteiger partial charge in [0.25, 0.3) is 0 Å². The van der Waals surface area contributed by atoms with Gasteiger partial charge in [0, 0.05) is 5.46 Å². The molecular weight excluding hydrogens is 252 g/mol. The van der Waals surface area contributed by atoms with Crippen LogP contribution in [0.3, 0.4) is 0 Å². The molecule has 1 aromatic rings. The molecular formula is C6H3BBrF3O2. The second kappa shape index (κ2) is 3.69. The molecule has 0 spiro atoms. The number of hydrogen-bond donors (Lipinski definition) is 2. The third-order valence-corrected chi connectivity index (χ3v) is 2.11. The highest BCUT2D eigenvalue weighted by Gasteiger charge is 2.23. The highest BCUT2D eigenvalue weighted by Crippen LogP contribution is 2.20. The van der Waals surface area contributed by atoms with E-state index in [4.69, 9.17) is 10.0 Å². The maximum absolute atomic E-state index is 12.9. The number of benzene rings is 1. The van der Waals surface area contributed by atoms with Crippen molar-refractivity contribution in [3.63, 3.8) is 0 Å². The Balaban J connectivity index is 3.41. The number of hydrogen-bond acceptors (Lipinski definition) is 2. The van der Waals surface area contributed by atoms with Crippen molar-refractivity contribution in [3.05, 3.63) is 28.0 Å². The van der Waals surface area contributed by atoms with Crippen LogP contribution < -0.4 is 5.46 Å². The first-order chi connectivity index (χ1) is 5.95. The summed E-state index contributed by atoms with van der Waals surface area (Å²) in [6.07, 6.45) is 0. The van der Waals surface area contributed by atoms with E-state index in [0.29, 0.717) is 6.07 Å². The predicted molar refractivity (Wildman–Crippen MR) is 43.8 cm³/mol. The van der Waals surface area contributed by atoms with Crippen LogP contribution in [0.15, 0.2) is 10.5 Å². The van der Waals surface area contributed by atoms with Gasteiger partial charge in [-0.3, -0.25) is 0 Å². The lowest BCUT2D eigenvalue weighted by atomic mass is 9.80. The van der Waals surface area contributed by atoms with E-state index in [2.05, 4.69) is 15.9 Å². The predicted octanol–water partition coefficient (Wildman–Crippen LogP) is 0.546. The van der Waals surface area contributed by atoms with Crippen molar-refractivity contribution in [1.82, 2.24) is 0 Å². The summed E-state index contributed by atoms with van der Waals surface area (Å²) in [7, 11) is -2.17. The molecule has 0 aliphatic rings. The van der Waals surface area contributed by atoms with Crippen molar-refractivity contribution in [1.29, 1.82) is 0 Å². The van der Waals surface area contributed by atoms with Gasteiger partial charge in [0.15, 0.2) is 11.6 Å². The zero-order chi connectivity index (χ0) is 10.2. The third-order valence-electron chi connectivity index (χ3n) is 1.41. The average molecular weight is 255 g/mol. The van der Waals surface area contributed by atoms with E-state index < -0.39 is 34.5 Å². The molecule has 13 heavy (non-hydrogen) atoms. The van der Waals surface area contributed by atoms with Gasteiger partial charge in [-0.05, 0) is 22.0 Å². The Bertz CT molecular complexity index is 345. The van der Waals surface area contributed by atoms with E-state index in [1.807, 2.05) is 0 Å². The van der Waals surface area contributed by atoms with Gasteiger partial charge in [0.1, 0.15) is 5.82 Å². The minimum Gasteiger partial charge on any atom is -0.423 e. The molecule has 0 aliphatic heterocycles. The Hall–Kier alpha value is -0.525. The van der Waals surface area contributed by atoms with Gasteiger partial charge in [-0.1, -0.05) is 0 Å². The Morgan fingerprint density at radius 2 is 1.69 bits per heavy atom. The maximum atomic E-state index is 12.9. The highest BCUT2D eigenvalue weighted by atomic mass is 79.9. The van der Waals surface area contributed by atoms with Crippen LogP contribution in [0, 0.1) is 17.5 Å². The standard InChI is InChI=1S/C6H3BBrF3O2/c8-4-5(10)2(7(12)13)1-3(9)6(4)11/h1,12-13H. The van der Waals surface area contributed by atoms with Crippen molar-refractivity contribution >= 4 is 28.5 Å². The molecule has 70 valence electrons. The summed E-state index contributed by atoms with van der Waals surface area (Å²) < 4.78 is 37.4. The molecule has 0 aliphatic carbocycles. The van der Waals surface area contributed by atoms with Crippen molar-refractivity contribution in [3.8, 4) is 0 Å². The van der Waals surface area contributed by atoms with Crippen molar-refractivity contribution in [2.24, 2.45) is 0 Å². The molecule has 0 amide bonds. The summed E-state index contributed by atoms with van der Waals surface area (Å²) >= 11 is 2.44. The van der Waals surface area contributed by atoms with E-state index >= 15 is 0 Å². The van der Waals surface area contributed by atoms with Gasteiger partial charge in [0.2, 0.25) is 0 Å². The molecule has 2 N–H and O–H groups in total. The molecule has 0 fully saturated rings. The van der Waals surface area contributed by atoms with Crippen LogP contribution >= 0.6 is 15.9 Å². The maximum Gasteiger partial charge on any atom is 0.491 e. The summed E-state index contributed by atoms with van der Waals surface area (Å²) in [6.45, 7) is 0. The van der Waals surface area contributed by atoms with Crippen LogP contribution in [0.4, 0.5) is 13.2 Å². The summed E-state index contributed by atoms with van der Waals surface area (Å²) in [6, 6.07) is 0.389. The topological polar surface area (TPSA) is 40.5 Å². The Kier molecular flexibility index (Phi) is 3.00. The molecule has 7 heteroatoms. The largest absolute Gasteiger partial charge is 0.491 e. The van der Waals surface area contributed by atoms with Gasteiger partial charge in [0.05, 0.1) is 4.47 Å². The normalized spacial score (nSPS) is 10.3. The fourth-order valence-corrected chi connectivity index (χ4v) is 1.20. The fraction of sp³-hybridized carbons (Fsp3) is 0. The van der Waals surface area contributed by atoms with Crippen molar-refractivity contribution in [2.45, 2.75) is 0 Å². The SMILES string of the molecule is OB(O)c1cc(F)c(F)c(Br)c1F. The molecule has 1 rings (SSSR count). The monoisotopic (exact) mass is 254 g/mol. The molecule has 0 saturated carbocycles. The van der Waals surface area contributed by atoms with Crippen LogP contribution in [0.25, 0.3) is 0 Å². The fourth-order valence-electron chi connectivity index (χ4n) is 0.779. The van der Waals surface area contributed by atoms with E-state index in [9.17, 15) is 13.2 Å². The Morgan fingerprint density at radius 3 is 2.15 bits per heavy atom. The van der Waals surface area contributed by atoms with Gasteiger partial charge in [-0.25, -0.2) is 13.2 Å². The smallest absolute Gasteiger partial charge is 0.423 e. The summed E-state index contributed by atoms with van der Waals surface area (Å²) in [5.41, 5.74) is -0.717. The molecule has 0 unspecified atom stereocenters. The van der Waals surface area contributed by atoms with Gasteiger partial charge in [-0.15, -0.1) is 0 Å². The van der Waals surface area contributed by atoms with E-state index in [0.717, 1.165) is 0 Å². The van der Waals surface area contributed by atoms with Crippen LogP contribution in [0.1, 0.15) is 0 Å². The van der Waals surface area contributed by atoms with Gasteiger partial charge in [-0.2, -0.15) is 0 Å². The van der Waals surface area contributed by atoms with Crippen molar-refractivity contribution in [2.75, 3.05) is 0 Å². The first kappa shape index (κ1) is 10.6. The molecule has 0 bridgehead atoms. The molecule has 0 heterocycles. The molecule has 0 saturated heterocycles. The molecule has 0 aromatic heterocycles. The molecule has 1 aromatic carbocycles. The highest BCUT2D eigenvalue weighted by molar-refractivity contribution is 9.10. The van der Waals surface area contributed by atoms with Crippen LogP contribution in [-0.4, -0.2) is 17.2 Å². The zero-order valence-corrected chi connectivity index (χ0v) is 7.65. The Labute approximate surface area is 80.3 Å². The van der Waals surface area contributed by atoms with E-state index in [1.165, 1.54) is 0 Å². The van der Waals surface area contributed by atoms with Crippen LogP contribution in [0.2, 0.25) is 0 Å². The second-order valence-corrected chi connectivity index (χ2v) is 3.06. The Morgan fingerprint density at radius 1 is 1.15 bits per heavy atom. The lowest BCUT2D eigenvalue weighted by molar-refractivity contribution is 0.420. The van der Waals surface area contributed by atoms with E-state index in [-0.39, 0.29) is 0 Å². The third kappa shape index (κ3) is 1.87. The summed E-state index contributed by atoms with van der Waals surface area (Å²) in [4.78, 5) is 0. The van der Waals surface area contributed by atoms with Gasteiger partial charge >= 0.3 is 7.12 Å². The lowest BCUT2D eigenvalue weighted by Gasteiger charge is -2.04.